The first-order valence-corrected chi connectivity index (χ1v) is 6.63. The fourth-order valence-electron chi connectivity index (χ4n) is 2.00. The maximum atomic E-state index is 12.5. The highest BCUT2D eigenvalue weighted by Gasteiger charge is 2.29. The number of azo groups is 1. The zero-order valence-electron chi connectivity index (χ0n) is 12.1. The summed E-state index contributed by atoms with van der Waals surface area (Å²) in [5.41, 5.74) is 7.80. The molecule has 0 saturated carbocycles. The van der Waals surface area contributed by atoms with Crippen LogP contribution in [0.5, 0.6) is 0 Å². The number of hydrogen-bond donors (Lipinski definition) is 1. The van der Waals surface area contributed by atoms with Gasteiger partial charge in [0.05, 0.1) is 16.9 Å². The van der Waals surface area contributed by atoms with Crippen LogP contribution in [0, 0.1) is 0 Å². The van der Waals surface area contributed by atoms with Crippen LogP contribution in [0.3, 0.4) is 0 Å². The molecule has 2 aromatic rings. The van der Waals surface area contributed by atoms with E-state index in [4.69, 9.17) is 5.73 Å². The first kappa shape index (κ1) is 16.5. The van der Waals surface area contributed by atoms with Gasteiger partial charge in [0.15, 0.2) is 0 Å². The lowest BCUT2D eigenvalue weighted by Crippen LogP contribution is -2.03. The molecule has 6 heteroatoms. The lowest BCUT2D eigenvalue weighted by atomic mass is 10.0. The Kier molecular flexibility index (Phi) is 4.64. The highest BCUT2D eigenvalue weighted by Crippen LogP contribution is 2.32. The number of alkyl halides is 3. The predicted octanol–water partition coefficient (Wildman–Crippen LogP) is 5.99. The molecule has 0 heterocycles. The summed E-state index contributed by atoms with van der Waals surface area (Å²) in [4.78, 5) is 0. The summed E-state index contributed by atoms with van der Waals surface area (Å²) in [6.07, 6.45) is -1.21. The first-order valence-electron chi connectivity index (χ1n) is 6.63. The van der Waals surface area contributed by atoms with Crippen molar-refractivity contribution in [1.29, 1.82) is 0 Å². The van der Waals surface area contributed by atoms with Gasteiger partial charge in [-0.2, -0.15) is 18.3 Å². The fourth-order valence-corrected chi connectivity index (χ4v) is 2.00. The molecule has 0 atom stereocenters. The number of benzene rings is 2. The molecule has 3 nitrogen and oxygen atoms in total. The largest absolute Gasteiger partial charge is 0.416 e. The Labute approximate surface area is 131 Å². The lowest BCUT2D eigenvalue weighted by Gasteiger charge is -2.08. The van der Waals surface area contributed by atoms with Crippen LogP contribution in [0.25, 0.3) is 12.2 Å². The van der Waals surface area contributed by atoms with Crippen LogP contribution >= 0.6 is 0 Å². The Hall–Kier alpha value is -2.89. The average Bonchev–Trinajstić information content (AvgIpc) is 2.52. The van der Waals surface area contributed by atoms with Gasteiger partial charge in [0.1, 0.15) is 0 Å². The molecule has 0 aliphatic rings. The van der Waals surface area contributed by atoms with Gasteiger partial charge in [-0.1, -0.05) is 25.3 Å². The first-order chi connectivity index (χ1) is 10.9. The quantitative estimate of drug-likeness (QED) is 0.546. The second-order valence-electron chi connectivity index (χ2n) is 4.65. The van der Waals surface area contributed by atoms with E-state index >= 15 is 0 Å². The maximum absolute atomic E-state index is 12.5. The minimum absolute atomic E-state index is 0.310. The molecule has 0 amide bonds. The standard InChI is InChI=1S/C17H14F3N3/c1-3-13-14(4-2)16(10-9-15(13)21)23-22-12-7-5-11(6-8-12)17(18,19)20/h3-10H,1-2,21H2. The topological polar surface area (TPSA) is 50.7 Å². The zero-order chi connectivity index (χ0) is 17.0. The van der Waals surface area contributed by atoms with Gasteiger partial charge in [-0.3, -0.25) is 0 Å². The van der Waals surface area contributed by atoms with E-state index < -0.39 is 11.7 Å². The minimum atomic E-state index is -4.37. The normalized spacial score (nSPS) is 11.6. The third kappa shape index (κ3) is 3.66. The van der Waals surface area contributed by atoms with Crippen LogP contribution in [0.1, 0.15) is 16.7 Å². The molecule has 0 bridgehead atoms. The van der Waals surface area contributed by atoms with Crippen molar-refractivity contribution in [2.45, 2.75) is 6.18 Å². The van der Waals surface area contributed by atoms with Gasteiger partial charge in [-0.05, 0) is 36.4 Å². The van der Waals surface area contributed by atoms with Crippen molar-refractivity contribution in [3.8, 4) is 0 Å². The molecule has 23 heavy (non-hydrogen) atoms. The molecule has 118 valence electrons. The number of nitrogen functional groups attached to an aromatic ring is 1. The monoisotopic (exact) mass is 317 g/mol. The van der Waals surface area contributed by atoms with Crippen molar-refractivity contribution in [2.24, 2.45) is 10.2 Å². The van der Waals surface area contributed by atoms with Crippen molar-refractivity contribution in [2.75, 3.05) is 5.73 Å². The van der Waals surface area contributed by atoms with E-state index in [0.717, 1.165) is 12.1 Å². The number of anilines is 1. The van der Waals surface area contributed by atoms with Crippen LogP contribution < -0.4 is 5.73 Å². The smallest absolute Gasteiger partial charge is 0.398 e. The molecular formula is C17H14F3N3. The van der Waals surface area contributed by atoms with Gasteiger partial charge in [0.25, 0.3) is 0 Å². The molecule has 0 spiro atoms. The number of rotatable bonds is 4. The van der Waals surface area contributed by atoms with E-state index in [1.807, 2.05) is 0 Å². The second-order valence-corrected chi connectivity index (χ2v) is 4.65. The van der Waals surface area contributed by atoms with Crippen LogP contribution in [-0.4, -0.2) is 0 Å². The third-order valence-corrected chi connectivity index (χ3v) is 3.17. The number of nitrogens with zero attached hydrogens (tertiary/aromatic N) is 2. The van der Waals surface area contributed by atoms with Crippen molar-refractivity contribution in [3.63, 3.8) is 0 Å². The maximum Gasteiger partial charge on any atom is 0.416 e. The molecule has 0 unspecified atom stereocenters. The number of hydrogen-bond acceptors (Lipinski definition) is 3. The fraction of sp³-hybridized carbons (Fsp3) is 0.0588. The molecule has 2 rings (SSSR count). The SMILES string of the molecule is C=Cc1c(N)ccc(N=Nc2ccc(C(F)(F)F)cc2)c1C=C. The highest BCUT2D eigenvalue weighted by molar-refractivity contribution is 5.80. The molecule has 0 aliphatic carbocycles. The van der Waals surface area contributed by atoms with Gasteiger partial charge in [0.2, 0.25) is 0 Å². The van der Waals surface area contributed by atoms with E-state index in [1.165, 1.54) is 12.1 Å². The molecule has 0 aromatic heterocycles. The summed E-state index contributed by atoms with van der Waals surface area (Å²) in [5.74, 6) is 0. The van der Waals surface area contributed by atoms with E-state index in [9.17, 15) is 13.2 Å². The molecule has 0 fully saturated rings. The van der Waals surface area contributed by atoms with Crippen LogP contribution in [0.15, 0.2) is 59.8 Å². The van der Waals surface area contributed by atoms with Gasteiger partial charge in [0, 0.05) is 16.8 Å². The minimum Gasteiger partial charge on any atom is -0.398 e. The van der Waals surface area contributed by atoms with Crippen molar-refractivity contribution >= 4 is 29.2 Å². The van der Waals surface area contributed by atoms with Crippen molar-refractivity contribution in [3.05, 3.63) is 66.2 Å². The lowest BCUT2D eigenvalue weighted by molar-refractivity contribution is -0.137. The van der Waals surface area contributed by atoms with Crippen molar-refractivity contribution in [1.82, 2.24) is 0 Å². The van der Waals surface area contributed by atoms with Crippen LogP contribution in [-0.2, 0) is 6.18 Å². The Morgan fingerprint density at radius 2 is 1.48 bits per heavy atom. The number of halogens is 3. The molecule has 2 aromatic carbocycles. The van der Waals surface area contributed by atoms with E-state index in [1.54, 1.807) is 24.3 Å². The van der Waals surface area contributed by atoms with Gasteiger partial charge >= 0.3 is 6.18 Å². The Balaban J connectivity index is 2.34. The third-order valence-electron chi connectivity index (χ3n) is 3.17. The summed E-state index contributed by atoms with van der Waals surface area (Å²) in [7, 11) is 0. The molecule has 0 saturated heterocycles. The number of nitrogens with two attached hydrogens (primary N) is 1. The second kappa shape index (κ2) is 6.48. The zero-order valence-corrected chi connectivity index (χ0v) is 12.1. The van der Waals surface area contributed by atoms with Gasteiger partial charge < -0.3 is 5.73 Å². The summed E-state index contributed by atoms with van der Waals surface area (Å²) >= 11 is 0. The Morgan fingerprint density at radius 3 is 2.00 bits per heavy atom. The summed E-state index contributed by atoms with van der Waals surface area (Å²) in [6, 6.07) is 7.75. The molecule has 2 N–H and O–H groups in total. The predicted molar refractivity (Wildman–Crippen MR) is 86.7 cm³/mol. The Bertz CT molecular complexity index is 760. The average molecular weight is 317 g/mol. The van der Waals surface area contributed by atoms with Crippen LogP contribution in [0.2, 0.25) is 0 Å². The van der Waals surface area contributed by atoms with E-state index in [0.29, 0.717) is 28.2 Å². The van der Waals surface area contributed by atoms with Crippen molar-refractivity contribution < 1.29 is 13.2 Å². The molecule has 0 aliphatic heterocycles. The Morgan fingerprint density at radius 1 is 0.870 bits per heavy atom. The van der Waals surface area contributed by atoms with Gasteiger partial charge in [-0.15, -0.1) is 5.11 Å². The van der Waals surface area contributed by atoms with Gasteiger partial charge in [-0.25, -0.2) is 0 Å². The molecular weight excluding hydrogens is 303 g/mol. The summed E-state index contributed by atoms with van der Waals surface area (Å²) in [6.45, 7) is 7.39. The molecule has 0 radical (unpaired) electrons. The van der Waals surface area contributed by atoms with Crippen LogP contribution in [0.4, 0.5) is 30.2 Å². The van der Waals surface area contributed by atoms with E-state index in [2.05, 4.69) is 23.4 Å². The van der Waals surface area contributed by atoms with E-state index in [-0.39, 0.29) is 0 Å². The summed E-state index contributed by atoms with van der Waals surface area (Å²) in [5, 5.41) is 8.01. The highest BCUT2D eigenvalue weighted by atomic mass is 19.4. The summed E-state index contributed by atoms with van der Waals surface area (Å²) < 4.78 is 37.5.